The number of aromatic amines is 1. The van der Waals surface area contributed by atoms with Crippen molar-refractivity contribution in [1.82, 2.24) is 4.98 Å². The summed E-state index contributed by atoms with van der Waals surface area (Å²) in [5.41, 5.74) is 7.49. The molecule has 3 N–H and O–H groups in total. The molecule has 2 rings (SSSR count). The van der Waals surface area contributed by atoms with Crippen LogP contribution >= 0.6 is 0 Å². The number of hydrogen-bond donors (Lipinski definition) is 2. The summed E-state index contributed by atoms with van der Waals surface area (Å²) in [6.45, 7) is 4.42. The van der Waals surface area contributed by atoms with Crippen LogP contribution in [0.25, 0.3) is 0 Å². The van der Waals surface area contributed by atoms with E-state index in [2.05, 4.69) is 24.9 Å². The van der Waals surface area contributed by atoms with Gasteiger partial charge in [0.1, 0.15) is 0 Å². The fraction of sp³-hybridized carbons (Fsp3) is 0.556. The predicted molar refractivity (Wildman–Crippen MR) is 45.3 cm³/mol. The van der Waals surface area contributed by atoms with Gasteiger partial charge in [0, 0.05) is 23.9 Å². The summed E-state index contributed by atoms with van der Waals surface area (Å²) in [5, 5.41) is 0. The lowest BCUT2D eigenvalue weighted by Crippen LogP contribution is -2.06. The average Bonchev–Trinajstić information content (AvgIpc) is 2.40. The first kappa shape index (κ1) is 6.92. The van der Waals surface area contributed by atoms with E-state index in [4.69, 9.17) is 5.73 Å². The minimum absolute atomic E-state index is 0.296. The van der Waals surface area contributed by atoms with Crippen molar-refractivity contribution in [2.75, 3.05) is 0 Å². The molecule has 2 nitrogen and oxygen atoms in total. The molecule has 2 heteroatoms. The van der Waals surface area contributed by atoms with Gasteiger partial charge in [0.15, 0.2) is 0 Å². The van der Waals surface area contributed by atoms with Gasteiger partial charge in [-0.1, -0.05) is 13.8 Å². The van der Waals surface area contributed by atoms with Gasteiger partial charge in [0.2, 0.25) is 0 Å². The van der Waals surface area contributed by atoms with Crippen LogP contribution in [-0.4, -0.2) is 11.0 Å². The van der Waals surface area contributed by atoms with Crippen LogP contribution in [0.4, 0.5) is 0 Å². The Morgan fingerprint density at radius 1 is 1.55 bits per heavy atom. The number of rotatable bonds is 1. The largest absolute Gasteiger partial charge is 0.365 e. The molecule has 0 saturated heterocycles. The molecule has 11 heavy (non-hydrogen) atoms. The van der Waals surface area contributed by atoms with E-state index in [1.165, 1.54) is 5.69 Å². The van der Waals surface area contributed by atoms with Crippen molar-refractivity contribution in [3.8, 4) is 0 Å². The summed E-state index contributed by atoms with van der Waals surface area (Å²) in [4.78, 5) is 3.21. The quantitative estimate of drug-likeness (QED) is 0.625. The standard InChI is InChI=1S/C9H14N2/c1-9(2)7(8(9)10)6-4-3-5-11-6/h3-5,7-8,11H,10H2,1-2H3/t7-,8-/m0/s1. The zero-order valence-electron chi connectivity index (χ0n) is 6.96. The Balaban J connectivity index is 2.23. The second-order valence-electron chi connectivity index (χ2n) is 3.95. The van der Waals surface area contributed by atoms with Crippen molar-refractivity contribution in [2.24, 2.45) is 11.1 Å². The molecule has 0 aromatic carbocycles. The zero-order chi connectivity index (χ0) is 8.06. The van der Waals surface area contributed by atoms with E-state index >= 15 is 0 Å². The van der Waals surface area contributed by atoms with Crippen molar-refractivity contribution in [2.45, 2.75) is 25.8 Å². The molecule has 0 spiro atoms. The van der Waals surface area contributed by atoms with E-state index in [-0.39, 0.29) is 0 Å². The van der Waals surface area contributed by atoms with E-state index in [0.29, 0.717) is 17.4 Å². The van der Waals surface area contributed by atoms with Gasteiger partial charge in [-0.3, -0.25) is 0 Å². The Hall–Kier alpha value is -0.760. The van der Waals surface area contributed by atoms with Crippen LogP contribution in [0.2, 0.25) is 0 Å². The van der Waals surface area contributed by atoms with Crippen LogP contribution in [0, 0.1) is 5.41 Å². The minimum atomic E-state index is 0.296. The molecule has 0 aliphatic heterocycles. The van der Waals surface area contributed by atoms with Gasteiger partial charge in [0.25, 0.3) is 0 Å². The molecule has 0 unspecified atom stereocenters. The Bertz CT molecular complexity index is 249. The molecule has 1 fully saturated rings. The molecule has 1 aliphatic rings. The lowest BCUT2D eigenvalue weighted by Gasteiger charge is -1.98. The molecule has 1 aromatic heterocycles. The number of hydrogen-bond acceptors (Lipinski definition) is 1. The smallest absolute Gasteiger partial charge is 0.0213 e. The van der Waals surface area contributed by atoms with Gasteiger partial charge in [0.05, 0.1) is 0 Å². The van der Waals surface area contributed by atoms with Crippen LogP contribution in [0.1, 0.15) is 25.5 Å². The normalized spacial score (nSPS) is 33.7. The fourth-order valence-corrected chi connectivity index (χ4v) is 1.81. The Labute approximate surface area is 66.8 Å². The highest BCUT2D eigenvalue weighted by Gasteiger charge is 2.56. The van der Waals surface area contributed by atoms with E-state index in [1.54, 1.807) is 0 Å². The van der Waals surface area contributed by atoms with Gasteiger partial charge in [-0.25, -0.2) is 0 Å². The summed E-state index contributed by atoms with van der Waals surface area (Å²) in [6, 6.07) is 4.47. The highest BCUT2D eigenvalue weighted by atomic mass is 14.9. The van der Waals surface area contributed by atoms with Crippen LogP contribution in [0.15, 0.2) is 18.3 Å². The molecule has 1 saturated carbocycles. The maximum atomic E-state index is 5.92. The fourth-order valence-electron chi connectivity index (χ4n) is 1.81. The molecule has 0 radical (unpaired) electrons. The molecule has 0 amide bonds. The number of H-pyrrole nitrogens is 1. The van der Waals surface area contributed by atoms with Crippen LogP contribution < -0.4 is 5.73 Å². The highest BCUT2D eigenvalue weighted by molar-refractivity contribution is 5.28. The third-order valence-corrected chi connectivity index (χ3v) is 2.87. The van der Waals surface area contributed by atoms with Crippen molar-refractivity contribution >= 4 is 0 Å². The van der Waals surface area contributed by atoms with E-state index in [0.717, 1.165) is 0 Å². The van der Waals surface area contributed by atoms with Crippen LogP contribution in [0.5, 0.6) is 0 Å². The summed E-state index contributed by atoms with van der Waals surface area (Å²) in [6.07, 6.45) is 1.95. The van der Waals surface area contributed by atoms with E-state index < -0.39 is 0 Å². The minimum Gasteiger partial charge on any atom is -0.365 e. The molecule has 60 valence electrons. The van der Waals surface area contributed by atoms with Gasteiger partial charge in [-0.15, -0.1) is 0 Å². The third-order valence-electron chi connectivity index (χ3n) is 2.87. The molecular weight excluding hydrogens is 136 g/mol. The molecule has 0 bridgehead atoms. The maximum absolute atomic E-state index is 5.92. The predicted octanol–water partition coefficient (Wildman–Crippen LogP) is 1.47. The van der Waals surface area contributed by atoms with Gasteiger partial charge >= 0.3 is 0 Å². The summed E-state index contributed by atoms with van der Waals surface area (Å²) in [7, 11) is 0. The molecule has 1 heterocycles. The molecule has 2 atom stereocenters. The summed E-state index contributed by atoms with van der Waals surface area (Å²) < 4.78 is 0. The Kier molecular flexibility index (Phi) is 1.19. The van der Waals surface area contributed by atoms with E-state index in [1.807, 2.05) is 12.3 Å². The zero-order valence-corrected chi connectivity index (χ0v) is 6.96. The van der Waals surface area contributed by atoms with Crippen LogP contribution in [-0.2, 0) is 0 Å². The Morgan fingerprint density at radius 3 is 2.55 bits per heavy atom. The maximum Gasteiger partial charge on any atom is 0.0213 e. The number of aromatic nitrogens is 1. The number of nitrogens with two attached hydrogens (primary N) is 1. The van der Waals surface area contributed by atoms with Crippen molar-refractivity contribution in [1.29, 1.82) is 0 Å². The lowest BCUT2D eigenvalue weighted by molar-refractivity contribution is 0.596. The molecule has 1 aliphatic carbocycles. The van der Waals surface area contributed by atoms with Crippen LogP contribution in [0.3, 0.4) is 0 Å². The SMILES string of the molecule is CC1(C)[C@@H](N)[C@@H]1c1ccc[nH]1. The van der Waals surface area contributed by atoms with Gasteiger partial charge < -0.3 is 10.7 Å². The first-order chi connectivity index (χ1) is 5.14. The van der Waals surface area contributed by atoms with Crippen molar-refractivity contribution < 1.29 is 0 Å². The number of nitrogens with one attached hydrogen (secondary N) is 1. The Morgan fingerprint density at radius 2 is 2.18 bits per heavy atom. The molecular formula is C9H14N2. The lowest BCUT2D eigenvalue weighted by atomic mass is 10.1. The monoisotopic (exact) mass is 150 g/mol. The third kappa shape index (κ3) is 0.824. The first-order valence-corrected chi connectivity index (χ1v) is 4.03. The van der Waals surface area contributed by atoms with E-state index in [9.17, 15) is 0 Å². The summed E-state index contributed by atoms with van der Waals surface area (Å²) in [5.74, 6) is 0.539. The second kappa shape index (κ2) is 1.89. The topological polar surface area (TPSA) is 41.8 Å². The first-order valence-electron chi connectivity index (χ1n) is 4.03. The van der Waals surface area contributed by atoms with Crippen molar-refractivity contribution in [3.63, 3.8) is 0 Å². The van der Waals surface area contributed by atoms with Gasteiger partial charge in [-0.05, 0) is 17.5 Å². The summed E-state index contributed by atoms with van der Waals surface area (Å²) >= 11 is 0. The van der Waals surface area contributed by atoms with Crippen molar-refractivity contribution in [3.05, 3.63) is 24.0 Å². The highest BCUT2D eigenvalue weighted by Crippen LogP contribution is 2.56. The molecule has 1 aromatic rings. The van der Waals surface area contributed by atoms with Gasteiger partial charge in [-0.2, -0.15) is 0 Å². The second-order valence-corrected chi connectivity index (χ2v) is 3.95. The average molecular weight is 150 g/mol.